The summed E-state index contributed by atoms with van der Waals surface area (Å²) < 4.78 is 10.5. The summed E-state index contributed by atoms with van der Waals surface area (Å²) >= 11 is 11.1. The Morgan fingerprint density at radius 3 is 0.858 bits per heavy atom. The molecule has 0 fully saturated rings. The van der Waals surface area contributed by atoms with Gasteiger partial charge in [-0.15, -0.1) is 0 Å². The first kappa shape index (κ1) is 65.8. The molecule has 0 amide bonds. The summed E-state index contributed by atoms with van der Waals surface area (Å²) in [4.78, 5) is 0. The molecule has 0 saturated carbocycles. The van der Waals surface area contributed by atoms with Gasteiger partial charge >= 0.3 is 0 Å². The summed E-state index contributed by atoms with van der Waals surface area (Å²) in [7, 11) is 0. The lowest BCUT2D eigenvalue weighted by Crippen LogP contribution is -1.94. The molecule has 3 heterocycles. The fourth-order valence-electron chi connectivity index (χ4n) is 15.3. The molecule has 0 bridgehead atoms. The molecule has 0 aliphatic carbocycles. The average molecular weight is 1550 g/mol. The van der Waals surface area contributed by atoms with Gasteiger partial charge in [-0.05, 0) is 198 Å². The van der Waals surface area contributed by atoms with Crippen LogP contribution in [0.1, 0.15) is 0 Å². The fourth-order valence-corrected chi connectivity index (χ4v) is 16.8. The summed E-state index contributed by atoms with van der Waals surface area (Å²) in [6, 6.07) is 143. The van der Waals surface area contributed by atoms with E-state index in [1.165, 1.54) is 165 Å². The second kappa shape index (κ2) is 28.8. The standard InChI is InChI=1S/C36H24BrN.C34H22BrN.C30H20BrN/c37-34-15-6-4-13-31(34)29-12-8-11-27(23-29)28-19-22-33-32-14-5-7-16-35(32)38(36(33)24-28)30-20-17-26(18-21-30)25-9-2-1-3-10-25;35-32-14-5-3-12-29(32)27-11-7-10-24(20-27)26-17-19-31-30-13-4-6-15-33(30)36(34(31)22-26)28-18-16-23-8-1-2-9-25(23)21-28;31-28-15-6-4-13-25(28)23-10-8-9-21(19-23)22-17-18-27-26-14-5-7-16-29(26)32(30(27)20-22)24-11-2-1-3-12-24/h1-24H;1-22H;1-20H. The Morgan fingerprint density at radius 1 is 0.151 bits per heavy atom. The Morgan fingerprint density at radius 2 is 0.434 bits per heavy atom. The van der Waals surface area contributed by atoms with Crippen molar-refractivity contribution in [1.82, 2.24) is 13.7 Å². The van der Waals surface area contributed by atoms with Gasteiger partial charge < -0.3 is 13.7 Å². The molecule has 0 aliphatic rings. The molecule has 502 valence electrons. The van der Waals surface area contributed by atoms with E-state index < -0.39 is 0 Å². The van der Waals surface area contributed by atoms with Crippen LogP contribution in [-0.2, 0) is 0 Å². The third kappa shape index (κ3) is 12.6. The van der Waals surface area contributed by atoms with Crippen molar-refractivity contribution in [3.05, 3.63) is 414 Å². The molecule has 20 rings (SSSR count). The maximum atomic E-state index is 3.72. The lowest BCUT2D eigenvalue weighted by molar-refractivity contribution is 1.18. The predicted molar refractivity (Wildman–Crippen MR) is 461 cm³/mol. The lowest BCUT2D eigenvalue weighted by Gasteiger charge is -2.11. The highest BCUT2D eigenvalue weighted by atomic mass is 79.9. The van der Waals surface area contributed by atoms with Gasteiger partial charge in [0, 0.05) is 62.8 Å². The second-order valence-electron chi connectivity index (χ2n) is 26.7. The van der Waals surface area contributed by atoms with Crippen LogP contribution in [0.25, 0.3) is 171 Å². The number of rotatable bonds is 10. The van der Waals surface area contributed by atoms with Crippen LogP contribution >= 0.6 is 47.8 Å². The Hall–Kier alpha value is -12.2. The molecule has 0 radical (unpaired) electrons. The Balaban J connectivity index is 0.000000113. The van der Waals surface area contributed by atoms with E-state index >= 15 is 0 Å². The van der Waals surface area contributed by atoms with Crippen molar-refractivity contribution < 1.29 is 0 Å². The van der Waals surface area contributed by atoms with E-state index in [9.17, 15) is 0 Å². The molecule has 106 heavy (non-hydrogen) atoms. The van der Waals surface area contributed by atoms with Crippen molar-refractivity contribution in [2.75, 3.05) is 0 Å². The van der Waals surface area contributed by atoms with Gasteiger partial charge in [-0.2, -0.15) is 0 Å². The number of hydrogen-bond acceptors (Lipinski definition) is 0. The highest BCUT2D eigenvalue weighted by Crippen LogP contribution is 2.42. The van der Waals surface area contributed by atoms with E-state index in [-0.39, 0.29) is 0 Å². The number of halogens is 3. The first-order valence-corrected chi connectivity index (χ1v) is 38.1. The van der Waals surface area contributed by atoms with Crippen molar-refractivity contribution in [3.63, 3.8) is 0 Å². The van der Waals surface area contributed by atoms with Crippen LogP contribution in [0, 0.1) is 0 Å². The van der Waals surface area contributed by atoms with E-state index in [2.05, 4.69) is 456 Å². The lowest BCUT2D eigenvalue weighted by atomic mass is 9.98. The topological polar surface area (TPSA) is 14.8 Å². The van der Waals surface area contributed by atoms with Gasteiger partial charge in [-0.1, -0.05) is 339 Å². The zero-order valence-electron chi connectivity index (χ0n) is 57.6. The summed E-state index contributed by atoms with van der Waals surface area (Å²) in [6.45, 7) is 0. The molecule has 20 aromatic rings. The summed E-state index contributed by atoms with van der Waals surface area (Å²) in [5.41, 5.74) is 27.8. The minimum atomic E-state index is 1.10. The SMILES string of the molecule is Brc1ccccc1-c1cccc(-c2ccc3c4ccccc4n(-c4ccc(-c5ccccc5)cc4)c3c2)c1.Brc1ccccc1-c1cccc(-c2ccc3c4ccccc4n(-c4ccc5ccccc5c4)c3c2)c1.Brc1ccccc1-c1cccc(-c2ccc3c4ccccc4n(-c4ccccc4)c3c2)c1. The molecule has 0 atom stereocenters. The fraction of sp³-hybridized carbons (Fsp3) is 0. The van der Waals surface area contributed by atoms with Gasteiger partial charge in [0.1, 0.15) is 0 Å². The van der Waals surface area contributed by atoms with Crippen LogP contribution in [0.4, 0.5) is 0 Å². The molecule has 3 nitrogen and oxygen atoms in total. The maximum Gasteiger partial charge on any atom is 0.0547 e. The number of aromatic nitrogens is 3. The molecule has 6 heteroatoms. The molecular weight excluding hydrogens is 1480 g/mol. The molecule has 0 saturated heterocycles. The smallest absolute Gasteiger partial charge is 0.0547 e. The van der Waals surface area contributed by atoms with E-state index in [1.54, 1.807) is 0 Å². The van der Waals surface area contributed by atoms with Gasteiger partial charge in [0.2, 0.25) is 0 Å². The van der Waals surface area contributed by atoms with Crippen LogP contribution in [0.15, 0.2) is 414 Å². The van der Waals surface area contributed by atoms with Gasteiger partial charge in [0.25, 0.3) is 0 Å². The largest absolute Gasteiger partial charge is 0.309 e. The van der Waals surface area contributed by atoms with E-state index in [1.807, 2.05) is 6.07 Å². The quantitative estimate of drug-likeness (QED) is 0.130. The number of nitrogens with zero attached hydrogens (tertiary/aromatic N) is 3. The molecule has 0 spiro atoms. The molecule has 0 unspecified atom stereocenters. The third-order valence-electron chi connectivity index (χ3n) is 20.4. The zero-order chi connectivity index (χ0) is 71.0. The predicted octanol–water partition coefficient (Wildman–Crippen LogP) is 29.5. The monoisotopic (exact) mass is 1550 g/mol. The normalized spacial score (nSPS) is 11.3. The first-order chi connectivity index (χ1) is 52.3. The molecule has 17 aromatic carbocycles. The van der Waals surface area contributed by atoms with E-state index in [4.69, 9.17) is 0 Å². The average Bonchev–Trinajstić information content (AvgIpc) is 1.61. The van der Waals surface area contributed by atoms with Gasteiger partial charge in [0.05, 0.1) is 33.1 Å². The van der Waals surface area contributed by atoms with Gasteiger partial charge in [-0.25, -0.2) is 0 Å². The first-order valence-electron chi connectivity index (χ1n) is 35.7. The van der Waals surface area contributed by atoms with Crippen LogP contribution < -0.4 is 0 Å². The number of benzene rings is 17. The van der Waals surface area contributed by atoms with Crippen LogP contribution in [0.3, 0.4) is 0 Å². The van der Waals surface area contributed by atoms with Gasteiger partial charge in [0.15, 0.2) is 0 Å². The molecule has 3 aromatic heterocycles. The zero-order valence-corrected chi connectivity index (χ0v) is 62.3. The van der Waals surface area contributed by atoms with Crippen molar-refractivity contribution in [2.45, 2.75) is 0 Å². The number of hydrogen-bond donors (Lipinski definition) is 0. The van der Waals surface area contributed by atoms with E-state index in [0.717, 1.165) is 19.1 Å². The Labute approximate surface area is 641 Å². The van der Waals surface area contributed by atoms with Crippen molar-refractivity contribution >= 4 is 124 Å². The second-order valence-corrected chi connectivity index (χ2v) is 29.3. The Kier molecular flexibility index (Phi) is 17.9. The number of fused-ring (bicyclic) bond motifs is 10. The maximum absolute atomic E-state index is 3.72. The minimum Gasteiger partial charge on any atom is -0.309 e. The van der Waals surface area contributed by atoms with Gasteiger partial charge in [-0.3, -0.25) is 0 Å². The minimum absolute atomic E-state index is 1.10. The van der Waals surface area contributed by atoms with Crippen molar-refractivity contribution in [1.29, 1.82) is 0 Å². The highest BCUT2D eigenvalue weighted by Gasteiger charge is 2.19. The molecular formula is C100H66Br3N3. The molecule has 0 N–H and O–H groups in total. The summed E-state index contributed by atoms with van der Waals surface area (Å²) in [5, 5.41) is 10.1. The van der Waals surface area contributed by atoms with E-state index in [0.29, 0.717) is 0 Å². The third-order valence-corrected chi connectivity index (χ3v) is 22.5. The summed E-state index contributed by atoms with van der Waals surface area (Å²) in [5.74, 6) is 0. The van der Waals surface area contributed by atoms with Crippen molar-refractivity contribution in [2.24, 2.45) is 0 Å². The van der Waals surface area contributed by atoms with Crippen LogP contribution in [-0.4, -0.2) is 13.7 Å². The Bertz CT molecular complexity index is 6680. The number of para-hydroxylation sites is 4. The van der Waals surface area contributed by atoms with Crippen molar-refractivity contribution in [3.8, 4) is 95.0 Å². The highest BCUT2D eigenvalue weighted by molar-refractivity contribution is 9.11. The van der Waals surface area contributed by atoms with Crippen LogP contribution in [0.5, 0.6) is 0 Å². The summed E-state index contributed by atoms with van der Waals surface area (Å²) in [6.07, 6.45) is 0. The molecule has 0 aliphatic heterocycles. The van der Waals surface area contributed by atoms with Crippen LogP contribution in [0.2, 0.25) is 0 Å².